The molecule has 0 unspecified atom stereocenters. The number of fused-ring (bicyclic) bond motifs is 1. The van der Waals surface area contributed by atoms with Crippen LogP contribution in [0.1, 0.15) is 32.7 Å². The van der Waals surface area contributed by atoms with Gasteiger partial charge in [-0.05, 0) is 32.0 Å². The maximum absolute atomic E-state index is 12.6. The van der Waals surface area contributed by atoms with Crippen LogP contribution in [-0.2, 0) is 6.54 Å². The molecule has 0 saturated carbocycles. The number of nitrogens with one attached hydrogen (secondary N) is 2. The second-order valence-corrected chi connectivity index (χ2v) is 6.84. The third kappa shape index (κ3) is 3.46. The number of carbonyl (C=O) groups is 1. The number of hydrogen-bond donors (Lipinski definition) is 2. The molecule has 4 rings (SSSR count). The highest BCUT2D eigenvalue weighted by atomic mass is 16.5. The van der Waals surface area contributed by atoms with Gasteiger partial charge in [-0.1, -0.05) is 0 Å². The Morgan fingerprint density at radius 2 is 2.17 bits per heavy atom. The van der Waals surface area contributed by atoms with Crippen LogP contribution in [0.3, 0.4) is 0 Å². The third-order valence-electron chi connectivity index (χ3n) is 4.89. The van der Waals surface area contributed by atoms with Gasteiger partial charge >= 0.3 is 0 Å². The normalized spacial score (nSPS) is 10.7. The summed E-state index contributed by atoms with van der Waals surface area (Å²) in [7, 11) is 1.63. The van der Waals surface area contributed by atoms with Gasteiger partial charge in [0.2, 0.25) is 5.95 Å². The highest BCUT2D eigenvalue weighted by molar-refractivity contribution is 6.06. The molecule has 0 aliphatic rings. The summed E-state index contributed by atoms with van der Waals surface area (Å²) in [6.07, 6.45) is 4.91. The van der Waals surface area contributed by atoms with Gasteiger partial charge in [0.15, 0.2) is 0 Å². The number of aromatic nitrogens is 5. The number of aryl methyl sites for hydroxylation is 1. The smallest absolute Gasteiger partial charge is 0.258 e. The highest BCUT2D eigenvalue weighted by Crippen LogP contribution is 2.24. The van der Waals surface area contributed by atoms with E-state index in [-0.39, 0.29) is 11.9 Å². The number of nitriles is 1. The summed E-state index contributed by atoms with van der Waals surface area (Å²) < 4.78 is 7.04. The fourth-order valence-corrected chi connectivity index (χ4v) is 3.34. The minimum Gasteiger partial charge on any atom is -0.496 e. The first kappa shape index (κ1) is 19.1. The lowest BCUT2D eigenvalue weighted by Gasteiger charge is -2.11. The molecule has 0 bridgehead atoms. The predicted octanol–water partition coefficient (Wildman–Crippen LogP) is 2.95. The van der Waals surface area contributed by atoms with E-state index in [1.807, 2.05) is 13.8 Å². The molecule has 0 spiro atoms. The number of anilines is 1. The van der Waals surface area contributed by atoms with Crippen LogP contribution in [0.15, 0.2) is 36.9 Å². The molecule has 3 aromatic heterocycles. The van der Waals surface area contributed by atoms with Gasteiger partial charge in [0, 0.05) is 40.0 Å². The number of carbonyl (C=O) groups excluding carboxylic acids is 1. The number of aromatic amines is 1. The molecule has 0 radical (unpaired) electrons. The predicted molar refractivity (Wildman–Crippen MR) is 110 cm³/mol. The number of benzene rings is 1. The average Bonchev–Trinajstić information content (AvgIpc) is 3.36. The van der Waals surface area contributed by atoms with Crippen LogP contribution in [0.5, 0.6) is 5.75 Å². The Balaban J connectivity index is 1.51. The minimum atomic E-state index is -0.356. The van der Waals surface area contributed by atoms with Crippen molar-refractivity contribution in [2.75, 3.05) is 12.4 Å². The maximum atomic E-state index is 12.6. The van der Waals surface area contributed by atoms with Crippen LogP contribution in [0.4, 0.5) is 5.95 Å². The van der Waals surface area contributed by atoms with Crippen LogP contribution in [0.25, 0.3) is 10.9 Å². The summed E-state index contributed by atoms with van der Waals surface area (Å²) >= 11 is 0. The lowest BCUT2D eigenvalue weighted by Crippen LogP contribution is -2.13. The van der Waals surface area contributed by atoms with E-state index in [4.69, 9.17) is 4.74 Å². The summed E-state index contributed by atoms with van der Waals surface area (Å²) in [5, 5.41) is 16.9. The molecular weight excluding hydrogens is 382 g/mol. The Morgan fingerprint density at radius 3 is 2.93 bits per heavy atom. The number of amides is 1. The van der Waals surface area contributed by atoms with Gasteiger partial charge in [-0.25, -0.2) is 9.67 Å². The van der Waals surface area contributed by atoms with Crippen LogP contribution >= 0.6 is 0 Å². The van der Waals surface area contributed by atoms with Crippen molar-refractivity contribution in [3.63, 3.8) is 0 Å². The first-order valence-corrected chi connectivity index (χ1v) is 9.21. The SMILES string of the molecule is COc1c(C)cnc(Cn2cnc(NC(=O)c3ccc4[nH]cc(C#N)c4c3)n2)c1C. The highest BCUT2D eigenvalue weighted by Gasteiger charge is 2.14. The summed E-state index contributed by atoms with van der Waals surface area (Å²) in [6.45, 7) is 4.28. The van der Waals surface area contributed by atoms with E-state index >= 15 is 0 Å². The van der Waals surface area contributed by atoms with E-state index in [0.29, 0.717) is 23.1 Å². The Labute approximate surface area is 172 Å². The van der Waals surface area contributed by atoms with Gasteiger partial charge < -0.3 is 9.72 Å². The lowest BCUT2D eigenvalue weighted by atomic mass is 10.1. The van der Waals surface area contributed by atoms with Crippen molar-refractivity contribution in [2.45, 2.75) is 20.4 Å². The zero-order chi connectivity index (χ0) is 21.3. The van der Waals surface area contributed by atoms with Crippen molar-refractivity contribution in [1.29, 1.82) is 5.26 Å². The van der Waals surface area contributed by atoms with Crippen molar-refractivity contribution in [1.82, 2.24) is 24.7 Å². The molecule has 1 amide bonds. The summed E-state index contributed by atoms with van der Waals surface area (Å²) in [5.41, 5.74) is 4.40. The number of pyridine rings is 1. The van der Waals surface area contributed by atoms with Gasteiger partial charge in [-0.2, -0.15) is 5.26 Å². The van der Waals surface area contributed by atoms with Crippen LogP contribution < -0.4 is 10.1 Å². The molecule has 1 aromatic carbocycles. The van der Waals surface area contributed by atoms with Crippen molar-refractivity contribution >= 4 is 22.8 Å². The molecule has 4 aromatic rings. The lowest BCUT2D eigenvalue weighted by molar-refractivity contribution is 0.102. The number of hydrogen-bond acceptors (Lipinski definition) is 6. The quantitative estimate of drug-likeness (QED) is 0.530. The number of rotatable bonds is 5. The fourth-order valence-electron chi connectivity index (χ4n) is 3.34. The van der Waals surface area contributed by atoms with E-state index in [9.17, 15) is 10.1 Å². The topological polar surface area (TPSA) is 122 Å². The molecule has 2 N–H and O–H groups in total. The van der Waals surface area contributed by atoms with E-state index in [0.717, 1.165) is 28.1 Å². The zero-order valence-corrected chi connectivity index (χ0v) is 16.7. The molecule has 0 fully saturated rings. The van der Waals surface area contributed by atoms with E-state index in [1.54, 1.807) is 42.4 Å². The molecule has 0 aliphatic heterocycles. The van der Waals surface area contributed by atoms with Gasteiger partial charge in [-0.3, -0.25) is 15.1 Å². The Bertz CT molecular complexity index is 1300. The summed E-state index contributed by atoms with van der Waals surface area (Å²) in [6, 6.07) is 7.21. The Morgan fingerprint density at radius 1 is 1.33 bits per heavy atom. The van der Waals surface area contributed by atoms with Gasteiger partial charge in [0.1, 0.15) is 18.1 Å². The molecule has 9 nitrogen and oxygen atoms in total. The summed E-state index contributed by atoms with van der Waals surface area (Å²) in [5.74, 6) is 0.628. The molecule has 30 heavy (non-hydrogen) atoms. The number of methoxy groups -OCH3 is 1. The molecule has 0 saturated heterocycles. The number of ether oxygens (including phenoxy) is 1. The molecule has 150 valence electrons. The molecular formula is C21H19N7O2. The van der Waals surface area contributed by atoms with E-state index < -0.39 is 0 Å². The molecule has 0 aliphatic carbocycles. The molecule has 3 heterocycles. The Kier molecular flexibility index (Phi) is 4.90. The van der Waals surface area contributed by atoms with Gasteiger partial charge in [0.25, 0.3) is 5.91 Å². The van der Waals surface area contributed by atoms with Crippen molar-refractivity contribution in [3.8, 4) is 11.8 Å². The second-order valence-electron chi connectivity index (χ2n) is 6.84. The average molecular weight is 401 g/mol. The number of H-pyrrole nitrogens is 1. The summed E-state index contributed by atoms with van der Waals surface area (Å²) in [4.78, 5) is 24.2. The van der Waals surface area contributed by atoms with Crippen LogP contribution in [0, 0.1) is 25.2 Å². The van der Waals surface area contributed by atoms with Crippen molar-refractivity contribution < 1.29 is 9.53 Å². The van der Waals surface area contributed by atoms with Crippen molar-refractivity contribution in [3.05, 3.63) is 64.9 Å². The van der Waals surface area contributed by atoms with Crippen molar-refractivity contribution in [2.24, 2.45) is 0 Å². The third-order valence-corrected chi connectivity index (χ3v) is 4.89. The van der Waals surface area contributed by atoms with E-state index in [1.165, 1.54) is 6.33 Å². The monoisotopic (exact) mass is 401 g/mol. The van der Waals surface area contributed by atoms with Gasteiger partial charge in [0.05, 0.1) is 24.9 Å². The standard InChI is InChI=1S/C21H19N7O2/c1-12-8-23-18(13(2)19(12)30-3)10-28-11-25-21(27-28)26-20(29)14-4-5-17-16(6-14)15(7-22)9-24-17/h4-6,8-9,11,24H,10H2,1-3H3,(H,26,27,29). The second kappa shape index (κ2) is 7.67. The first-order chi connectivity index (χ1) is 14.5. The minimum absolute atomic E-state index is 0.186. The fraction of sp³-hybridized carbons (Fsp3) is 0.190. The maximum Gasteiger partial charge on any atom is 0.258 e. The van der Waals surface area contributed by atoms with Crippen LogP contribution in [0.2, 0.25) is 0 Å². The van der Waals surface area contributed by atoms with Crippen LogP contribution in [-0.4, -0.2) is 37.7 Å². The van der Waals surface area contributed by atoms with Gasteiger partial charge in [-0.15, -0.1) is 5.10 Å². The zero-order valence-electron chi connectivity index (χ0n) is 16.7. The number of nitrogens with zero attached hydrogens (tertiary/aromatic N) is 5. The molecule has 0 atom stereocenters. The Hall–Kier alpha value is -4.19. The van der Waals surface area contributed by atoms with E-state index in [2.05, 4.69) is 31.4 Å². The largest absolute Gasteiger partial charge is 0.496 e. The molecule has 9 heteroatoms. The first-order valence-electron chi connectivity index (χ1n) is 9.21.